The fraction of sp³-hybridized carbons (Fsp3) is 1.00. The van der Waals surface area contributed by atoms with E-state index in [0.717, 1.165) is 26.1 Å². The summed E-state index contributed by atoms with van der Waals surface area (Å²) in [5, 5.41) is 0. The lowest BCUT2D eigenvalue weighted by Crippen LogP contribution is -2.15. The molecule has 0 aliphatic heterocycles. The molecule has 0 fully saturated rings. The molecule has 13 heteroatoms. The zero-order valence-corrected chi connectivity index (χ0v) is 38.4. The second-order valence-corrected chi connectivity index (χ2v) is 14.6. The van der Waals surface area contributed by atoms with Gasteiger partial charge >= 0.3 is 0 Å². The van der Waals surface area contributed by atoms with Crippen LogP contribution in [0.5, 0.6) is 0 Å². The lowest BCUT2D eigenvalue weighted by molar-refractivity contribution is -0.0290. The lowest BCUT2D eigenvalue weighted by Gasteiger charge is -2.09. The maximum absolute atomic E-state index is 5.69. The first-order valence-corrected chi connectivity index (χ1v) is 23.9. The molecule has 0 amide bonds. The largest absolute Gasteiger partial charge is 0.379 e. The molecule has 0 saturated heterocycles. The Bertz CT molecular complexity index is 654. The molecule has 0 aromatic carbocycles. The Morgan fingerprint density at radius 1 is 0.136 bits per heavy atom. The molecule has 0 aromatic rings. The minimum absolute atomic E-state index is 0.517. The highest BCUT2D eigenvalue weighted by Gasteiger charge is 1.99. The van der Waals surface area contributed by atoms with Crippen LogP contribution in [0.2, 0.25) is 0 Å². The summed E-state index contributed by atoms with van der Waals surface area (Å²) in [4.78, 5) is 0. The van der Waals surface area contributed by atoms with Crippen LogP contribution in [0, 0.1) is 0 Å². The molecule has 0 bridgehead atoms. The fourth-order valence-corrected chi connectivity index (χ4v) is 5.77. The van der Waals surface area contributed by atoms with Crippen LogP contribution in [-0.4, -0.2) is 172 Å². The average molecular weight is 855 g/mol. The van der Waals surface area contributed by atoms with Gasteiger partial charge in [-0.1, -0.05) is 117 Å². The van der Waals surface area contributed by atoms with Gasteiger partial charge in [-0.2, -0.15) is 0 Å². The quantitative estimate of drug-likeness (QED) is 0.0547. The summed E-state index contributed by atoms with van der Waals surface area (Å²) >= 11 is 0. The van der Waals surface area contributed by atoms with Crippen molar-refractivity contribution < 1.29 is 61.6 Å². The van der Waals surface area contributed by atoms with Crippen LogP contribution in [0.25, 0.3) is 0 Å². The third-order valence-electron chi connectivity index (χ3n) is 9.25. The molecule has 0 rings (SSSR count). The van der Waals surface area contributed by atoms with E-state index in [1.807, 2.05) is 0 Å². The van der Waals surface area contributed by atoms with Crippen LogP contribution < -0.4 is 0 Å². The molecule has 0 radical (unpaired) electrons. The summed E-state index contributed by atoms with van der Waals surface area (Å²) in [6.07, 6.45) is 24.1. The van der Waals surface area contributed by atoms with Crippen LogP contribution in [0.1, 0.15) is 129 Å². The van der Waals surface area contributed by atoms with Gasteiger partial charge in [-0.05, 0) is 12.8 Å². The number of ether oxygens (including phenoxy) is 13. The van der Waals surface area contributed by atoms with E-state index in [1.165, 1.54) is 103 Å². The highest BCUT2D eigenvalue weighted by atomic mass is 16.6. The van der Waals surface area contributed by atoms with E-state index in [1.54, 1.807) is 0 Å². The minimum Gasteiger partial charge on any atom is -0.379 e. The van der Waals surface area contributed by atoms with Crippen molar-refractivity contribution in [1.29, 1.82) is 0 Å². The van der Waals surface area contributed by atoms with Crippen molar-refractivity contribution in [1.82, 2.24) is 0 Å². The van der Waals surface area contributed by atoms with Gasteiger partial charge in [0.25, 0.3) is 0 Å². The molecule has 0 aliphatic carbocycles. The maximum atomic E-state index is 5.69. The topological polar surface area (TPSA) is 120 Å². The van der Waals surface area contributed by atoms with Crippen molar-refractivity contribution in [2.75, 3.05) is 172 Å². The molecule has 59 heavy (non-hydrogen) atoms. The molecular formula is C46H94O13. The normalized spacial score (nSPS) is 11.7. The van der Waals surface area contributed by atoms with Gasteiger partial charge in [-0.15, -0.1) is 0 Å². The van der Waals surface area contributed by atoms with Crippen LogP contribution in [0.4, 0.5) is 0 Å². The Balaban J connectivity index is 3.06. The van der Waals surface area contributed by atoms with Gasteiger partial charge in [-0.3, -0.25) is 0 Å². The van der Waals surface area contributed by atoms with Crippen LogP contribution in [0.3, 0.4) is 0 Å². The molecule has 0 saturated carbocycles. The number of rotatable bonds is 56. The first kappa shape index (κ1) is 58.5. The van der Waals surface area contributed by atoms with Crippen molar-refractivity contribution in [3.63, 3.8) is 0 Å². The predicted molar refractivity (Wildman–Crippen MR) is 235 cm³/mol. The van der Waals surface area contributed by atoms with E-state index in [2.05, 4.69) is 13.8 Å². The Kier molecular flexibility index (Phi) is 57.0. The van der Waals surface area contributed by atoms with E-state index in [4.69, 9.17) is 61.6 Å². The van der Waals surface area contributed by atoms with Gasteiger partial charge < -0.3 is 61.6 Å². The van der Waals surface area contributed by atoms with Crippen LogP contribution >= 0.6 is 0 Å². The summed E-state index contributed by atoms with van der Waals surface area (Å²) < 4.78 is 72.1. The van der Waals surface area contributed by atoms with E-state index in [0.29, 0.717) is 159 Å². The van der Waals surface area contributed by atoms with Crippen LogP contribution in [-0.2, 0) is 61.6 Å². The van der Waals surface area contributed by atoms with Crippen molar-refractivity contribution in [3.8, 4) is 0 Å². The monoisotopic (exact) mass is 855 g/mol. The fourth-order valence-electron chi connectivity index (χ4n) is 5.77. The molecule has 0 atom stereocenters. The van der Waals surface area contributed by atoms with Gasteiger partial charge in [0, 0.05) is 13.2 Å². The second-order valence-electron chi connectivity index (χ2n) is 14.6. The average Bonchev–Trinajstić information content (AvgIpc) is 3.25. The van der Waals surface area contributed by atoms with Crippen molar-refractivity contribution in [2.45, 2.75) is 129 Å². The smallest absolute Gasteiger partial charge is 0.0701 e. The van der Waals surface area contributed by atoms with Crippen LogP contribution in [0.15, 0.2) is 0 Å². The van der Waals surface area contributed by atoms with Gasteiger partial charge in [0.1, 0.15) is 0 Å². The molecule has 0 unspecified atom stereocenters. The first-order valence-electron chi connectivity index (χ1n) is 23.9. The minimum atomic E-state index is 0.517. The van der Waals surface area contributed by atoms with Gasteiger partial charge in [0.15, 0.2) is 0 Å². The van der Waals surface area contributed by atoms with E-state index in [-0.39, 0.29) is 0 Å². The maximum Gasteiger partial charge on any atom is 0.0701 e. The molecule has 0 aliphatic rings. The molecule has 0 N–H and O–H groups in total. The third-order valence-corrected chi connectivity index (χ3v) is 9.25. The SMILES string of the molecule is CCCCCCCCCCCCCCCOCCOCCOCCOCCOCCOCCOCCOCCOCCOCCOCCOCCOCCCCCCC. The first-order chi connectivity index (χ1) is 29.4. The summed E-state index contributed by atoms with van der Waals surface area (Å²) in [5.74, 6) is 0. The highest BCUT2D eigenvalue weighted by Crippen LogP contribution is 2.12. The molecule has 0 heterocycles. The Morgan fingerprint density at radius 3 is 0.407 bits per heavy atom. The van der Waals surface area contributed by atoms with Gasteiger partial charge in [-0.25, -0.2) is 0 Å². The summed E-state index contributed by atoms with van der Waals surface area (Å²) in [6.45, 7) is 19.4. The van der Waals surface area contributed by atoms with E-state index in [9.17, 15) is 0 Å². The summed E-state index contributed by atoms with van der Waals surface area (Å²) in [6, 6.07) is 0. The van der Waals surface area contributed by atoms with Gasteiger partial charge in [0.2, 0.25) is 0 Å². The zero-order valence-electron chi connectivity index (χ0n) is 38.4. The molecule has 13 nitrogen and oxygen atoms in total. The summed E-state index contributed by atoms with van der Waals surface area (Å²) in [5.41, 5.74) is 0. The van der Waals surface area contributed by atoms with E-state index >= 15 is 0 Å². The van der Waals surface area contributed by atoms with E-state index < -0.39 is 0 Å². The zero-order chi connectivity index (χ0) is 42.3. The van der Waals surface area contributed by atoms with Gasteiger partial charge in [0.05, 0.1) is 159 Å². The number of hydrogen-bond acceptors (Lipinski definition) is 13. The third kappa shape index (κ3) is 57.5. The predicted octanol–water partition coefficient (Wildman–Crippen LogP) is 8.26. The Labute approximate surface area is 362 Å². The van der Waals surface area contributed by atoms with Crippen molar-refractivity contribution in [3.05, 3.63) is 0 Å². The molecular weight excluding hydrogens is 760 g/mol. The summed E-state index contributed by atoms with van der Waals surface area (Å²) in [7, 11) is 0. The Hall–Kier alpha value is -0.520. The Morgan fingerprint density at radius 2 is 0.254 bits per heavy atom. The molecule has 0 aromatic heterocycles. The second kappa shape index (κ2) is 57.5. The van der Waals surface area contributed by atoms with Crippen molar-refractivity contribution >= 4 is 0 Å². The molecule has 356 valence electrons. The highest BCUT2D eigenvalue weighted by molar-refractivity contribution is 4.49. The molecule has 0 spiro atoms. The number of unbranched alkanes of at least 4 members (excludes halogenated alkanes) is 16. The van der Waals surface area contributed by atoms with Crippen molar-refractivity contribution in [2.24, 2.45) is 0 Å². The number of hydrogen-bond donors (Lipinski definition) is 0. The lowest BCUT2D eigenvalue weighted by atomic mass is 10.0. The standard InChI is InChI=1S/C46H94O13/c1-3-5-7-9-10-11-12-13-14-15-16-18-20-22-48-24-26-50-28-30-52-32-34-54-36-38-56-40-42-58-44-46-59-45-43-57-41-39-55-37-35-53-33-31-51-29-27-49-25-23-47-21-19-17-8-6-4-2/h3-46H2,1-2H3.